The smallest absolute Gasteiger partial charge is 0.416 e. The van der Waals surface area contributed by atoms with E-state index in [4.69, 9.17) is 4.74 Å². The molecule has 1 amide bonds. The molecule has 2 aliphatic rings. The van der Waals surface area contributed by atoms with Crippen LogP contribution in [0.2, 0.25) is 0 Å². The lowest BCUT2D eigenvalue weighted by molar-refractivity contribution is -0.137. The number of carbonyl (C=O) groups excluding carboxylic acids is 1. The minimum absolute atomic E-state index is 0. The number of methoxy groups -OCH3 is 1. The number of fused-ring (bicyclic) bond motifs is 1. The number of halogens is 7. The molecule has 1 aromatic heterocycles. The third-order valence-corrected chi connectivity index (χ3v) is 7.70. The number of ether oxygens (including phenoxy) is 1. The number of rotatable bonds is 7. The number of hydrogen-bond donors (Lipinski definition) is 0. The highest BCUT2D eigenvalue weighted by molar-refractivity contribution is 5.95. The molecule has 0 bridgehead atoms. The molecule has 0 spiro atoms. The molecule has 0 radical (unpaired) electrons. The van der Waals surface area contributed by atoms with Crippen LogP contribution in [0.4, 0.5) is 17.6 Å². The molecule has 3 aromatic rings. The van der Waals surface area contributed by atoms with Gasteiger partial charge in [-0.3, -0.25) is 19.6 Å². The summed E-state index contributed by atoms with van der Waals surface area (Å²) in [5.41, 5.74) is 2.26. The fourth-order valence-electron chi connectivity index (χ4n) is 5.53. The van der Waals surface area contributed by atoms with Gasteiger partial charge in [-0.05, 0) is 53.9 Å². The number of benzene rings is 2. The Morgan fingerprint density at radius 3 is 2.40 bits per heavy atom. The molecule has 3 heterocycles. The van der Waals surface area contributed by atoms with Gasteiger partial charge < -0.3 is 9.64 Å². The molecule has 1 saturated heterocycles. The van der Waals surface area contributed by atoms with Crippen LogP contribution in [-0.4, -0.2) is 78.0 Å². The van der Waals surface area contributed by atoms with Gasteiger partial charge in [0.25, 0.3) is 5.91 Å². The Hall–Kier alpha value is -2.63. The van der Waals surface area contributed by atoms with E-state index >= 15 is 0 Å². The highest BCUT2D eigenvalue weighted by Gasteiger charge is 2.35. The molecule has 2 aromatic carbocycles. The van der Waals surface area contributed by atoms with Gasteiger partial charge in [0, 0.05) is 75.7 Å². The fraction of sp³-hybridized carbons (Fsp3) is 0.400. The van der Waals surface area contributed by atoms with E-state index in [0.717, 1.165) is 56.0 Å². The standard InChI is InChI=1S/C30H32F4N4O2.3ClH/c1-40-27-17-23(16-24(18-27)30(32,33)34)29(39)38-14-13-37(20-26(38)15-21-4-6-25(31)7-5-21)12-11-36-10-8-28-22(19-36)3-2-9-35-28;;;/h2-7,9,16-18,26H,8,10-15,19-20H2,1H3;3*1H/t26-;;;/m1.../s1. The third-order valence-electron chi connectivity index (χ3n) is 7.70. The van der Waals surface area contributed by atoms with E-state index in [1.54, 1.807) is 17.0 Å². The maximum atomic E-state index is 13.6. The van der Waals surface area contributed by atoms with E-state index in [1.807, 2.05) is 12.3 Å². The predicted molar refractivity (Wildman–Crippen MR) is 164 cm³/mol. The second kappa shape index (κ2) is 15.9. The van der Waals surface area contributed by atoms with Crippen LogP contribution in [0, 0.1) is 5.82 Å². The number of nitrogens with zero attached hydrogens (tertiary/aromatic N) is 4. The molecule has 13 heteroatoms. The Balaban J connectivity index is 0.00000215. The highest BCUT2D eigenvalue weighted by atomic mass is 35.5. The number of alkyl halides is 3. The van der Waals surface area contributed by atoms with Crippen molar-refractivity contribution in [3.05, 3.63) is 94.6 Å². The van der Waals surface area contributed by atoms with Gasteiger partial charge in [0.2, 0.25) is 0 Å². The zero-order chi connectivity index (χ0) is 28.3. The van der Waals surface area contributed by atoms with Gasteiger partial charge in [-0.1, -0.05) is 18.2 Å². The lowest BCUT2D eigenvalue weighted by Gasteiger charge is -2.42. The average Bonchev–Trinajstić information content (AvgIpc) is 2.96. The molecule has 6 nitrogen and oxygen atoms in total. The van der Waals surface area contributed by atoms with E-state index < -0.39 is 17.6 Å². The van der Waals surface area contributed by atoms with Crippen molar-refractivity contribution in [2.75, 3.05) is 46.4 Å². The lowest BCUT2D eigenvalue weighted by Crippen LogP contribution is -2.57. The average molecular weight is 666 g/mol. The number of carbonyl (C=O) groups is 1. The first-order valence-electron chi connectivity index (χ1n) is 13.4. The molecular weight excluding hydrogens is 631 g/mol. The summed E-state index contributed by atoms with van der Waals surface area (Å²) in [6, 6.07) is 13.0. The first kappa shape index (κ1) is 36.6. The Kier molecular flexibility index (Phi) is 13.5. The van der Waals surface area contributed by atoms with Crippen molar-refractivity contribution in [1.82, 2.24) is 19.7 Å². The van der Waals surface area contributed by atoms with Crippen molar-refractivity contribution in [1.29, 1.82) is 0 Å². The topological polar surface area (TPSA) is 48.9 Å². The summed E-state index contributed by atoms with van der Waals surface area (Å²) in [6.45, 7) is 4.97. The van der Waals surface area contributed by atoms with Gasteiger partial charge in [0.05, 0.1) is 12.7 Å². The Bertz CT molecular complexity index is 1350. The van der Waals surface area contributed by atoms with Crippen LogP contribution in [0.15, 0.2) is 60.8 Å². The van der Waals surface area contributed by atoms with E-state index in [9.17, 15) is 22.4 Å². The van der Waals surface area contributed by atoms with Crippen molar-refractivity contribution in [3.8, 4) is 5.75 Å². The van der Waals surface area contributed by atoms with E-state index in [2.05, 4.69) is 20.9 Å². The van der Waals surface area contributed by atoms with Crippen LogP contribution in [0.1, 0.15) is 32.7 Å². The van der Waals surface area contributed by atoms with Gasteiger partial charge in [0.1, 0.15) is 11.6 Å². The third kappa shape index (κ3) is 9.18. The summed E-state index contributed by atoms with van der Waals surface area (Å²) in [6.07, 6.45) is -1.42. The number of hydrogen-bond acceptors (Lipinski definition) is 5. The SMILES string of the molecule is COc1cc(C(=O)N2CCN(CCN3CCc4ncccc4C3)C[C@H]2Cc2ccc(F)cc2)cc(C(F)(F)F)c1.Cl.Cl.Cl. The van der Waals surface area contributed by atoms with Gasteiger partial charge >= 0.3 is 6.18 Å². The Labute approximate surface area is 267 Å². The summed E-state index contributed by atoms with van der Waals surface area (Å²) in [5.74, 6) is -0.849. The second-order valence-corrected chi connectivity index (χ2v) is 10.4. The van der Waals surface area contributed by atoms with Crippen molar-refractivity contribution in [2.45, 2.75) is 31.6 Å². The number of amides is 1. The Morgan fingerprint density at radius 1 is 0.977 bits per heavy atom. The van der Waals surface area contributed by atoms with Crippen molar-refractivity contribution < 1.29 is 27.1 Å². The number of aromatic nitrogens is 1. The van der Waals surface area contributed by atoms with Crippen LogP contribution >= 0.6 is 37.2 Å². The quantitative estimate of drug-likeness (QED) is 0.293. The van der Waals surface area contributed by atoms with Crippen LogP contribution in [0.25, 0.3) is 0 Å². The summed E-state index contributed by atoms with van der Waals surface area (Å²) < 4.78 is 59.2. The predicted octanol–water partition coefficient (Wildman–Crippen LogP) is 5.94. The molecule has 0 aliphatic carbocycles. The molecular formula is C30H35Cl3F4N4O2. The largest absolute Gasteiger partial charge is 0.497 e. The molecule has 0 saturated carbocycles. The zero-order valence-electron chi connectivity index (χ0n) is 23.6. The highest BCUT2D eigenvalue weighted by Crippen LogP contribution is 2.33. The van der Waals surface area contributed by atoms with Gasteiger partial charge in [-0.15, -0.1) is 37.2 Å². The number of piperazine rings is 1. The van der Waals surface area contributed by atoms with E-state index in [1.165, 1.54) is 30.9 Å². The monoisotopic (exact) mass is 664 g/mol. The van der Waals surface area contributed by atoms with Crippen molar-refractivity contribution in [2.24, 2.45) is 0 Å². The Morgan fingerprint density at radius 2 is 1.70 bits per heavy atom. The summed E-state index contributed by atoms with van der Waals surface area (Å²) in [5, 5.41) is 0. The summed E-state index contributed by atoms with van der Waals surface area (Å²) >= 11 is 0. The van der Waals surface area contributed by atoms with Crippen LogP contribution in [0.5, 0.6) is 5.75 Å². The van der Waals surface area contributed by atoms with Gasteiger partial charge in [-0.2, -0.15) is 13.2 Å². The minimum Gasteiger partial charge on any atom is -0.497 e. The summed E-state index contributed by atoms with van der Waals surface area (Å²) in [7, 11) is 1.28. The second-order valence-electron chi connectivity index (χ2n) is 10.4. The van der Waals surface area contributed by atoms with Crippen molar-refractivity contribution >= 4 is 43.1 Å². The fourth-order valence-corrected chi connectivity index (χ4v) is 5.53. The van der Waals surface area contributed by atoms with Crippen molar-refractivity contribution in [3.63, 3.8) is 0 Å². The number of pyridine rings is 1. The lowest BCUT2D eigenvalue weighted by atomic mass is 10.00. The molecule has 236 valence electrons. The molecule has 1 atom stereocenters. The van der Waals surface area contributed by atoms with Crippen LogP contribution in [-0.2, 0) is 25.6 Å². The minimum atomic E-state index is -4.61. The molecule has 0 unspecified atom stereocenters. The maximum absolute atomic E-state index is 13.6. The van der Waals surface area contributed by atoms with E-state index in [0.29, 0.717) is 26.1 Å². The van der Waals surface area contributed by atoms with Gasteiger partial charge in [0.15, 0.2) is 0 Å². The first-order valence-corrected chi connectivity index (χ1v) is 13.4. The van der Waals surface area contributed by atoms with Crippen LogP contribution < -0.4 is 4.74 Å². The molecule has 5 rings (SSSR count). The zero-order valence-corrected chi connectivity index (χ0v) is 26.0. The summed E-state index contributed by atoms with van der Waals surface area (Å²) in [4.78, 5) is 24.5. The molecule has 2 aliphatic heterocycles. The maximum Gasteiger partial charge on any atom is 0.416 e. The molecule has 43 heavy (non-hydrogen) atoms. The normalized spacial score (nSPS) is 17.1. The molecule has 0 N–H and O–H groups in total. The van der Waals surface area contributed by atoms with Crippen LogP contribution in [0.3, 0.4) is 0 Å². The van der Waals surface area contributed by atoms with E-state index in [-0.39, 0.29) is 60.4 Å². The first-order chi connectivity index (χ1) is 19.2. The molecule has 1 fully saturated rings. The van der Waals surface area contributed by atoms with Gasteiger partial charge in [-0.25, -0.2) is 4.39 Å².